The third kappa shape index (κ3) is 3.04. The molecule has 1 fully saturated rings. The Morgan fingerprint density at radius 3 is 2.95 bits per heavy atom. The molecule has 0 spiro atoms. The maximum atomic E-state index is 12.0. The Morgan fingerprint density at radius 1 is 1.33 bits per heavy atom. The number of aryl methyl sites for hydroxylation is 1. The van der Waals surface area contributed by atoms with Crippen LogP contribution in [-0.2, 0) is 6.54 Å². The van der Waals surface area contributed by atoms with Gasteiger partial charge >= 0.3 is 5.69 Å². The molecule has 3 rings (SSSR count). The minimum Gasteiger partial charge on any atom is -0.326 e. The number of hydrogen-bond acceptors (Lipinski definition) is 3. The lowest BCUT2D eigenvalue weighted by atomic mass is 9.94. The highest BCUT2D eigenvalue weighted by Gasteiger charge is 2.22. The van der Waals surface area contributed by atoms with E-state index in [9.17, 15) is 4.79 Å². The summed E-state index contributed by atoms with van der Waals surface area (Å²) < 4.78 is 1.84. The first-order valence-electron chi connectivity index (χ1n) is 7.80. The van der Waals surface area contributed by atoms with Crippen molar-refractivity contribution in [2.75, 3.05) is 19.6 Å². The Morgan fingerprint density at radius 2 is 2.14 bits per heavy atom. The van der Waals surface area contributed by atoms with Crippen LogP contribution in [0.1, 0.15) is 19.8 Å². The van der Waals surface area contributed by atoms with Crippen molar-refractivity contribution in [2.24, 2.45) is 11.7 Å². The van der Waals surface area contributed by atoms with Crippen LogP contribution in [0.2, 0.25) is 0 Å². The van der Waals surface area contributed by atoms with Gasteiger partial charge in [0.2, 0.25) is 0 Å². The van der Waals surface area contributed by atoms with Gasteiger partial charge in [0.1, 0.15) is 0 Å². The third-order valence-electron chi connectivity index (χ3n) is 4.64. The van der Waals surface area contributed by atoms with E-state index >= 15 is 0 Å². The Labute approximate surface area is 124 Å². The van der Waals surface area contributed by atoms with Crippen molar-refractivity contribution < 1.29 is 0 Å². The second kappa shape index (κ2) is 6.03. The van der Waals surface area contributed by atoms with E-state index in [0.29, 0.717) is 5.92 Å². The highest BCUT2D eigenvalue weighted by Crippen LogP contribution is 2.16. The number of fused-ring (bicyclic) bond motifs is 1. The second-order valence-electron chi connectivity index (χ2n) is 6.18. The van der Waals surface area contributed by atoms with Crippen molar-refractivity contribution in [3.05, 3.63) is 34.7 Å². The quantitative estimate of drug-likeness (QED) is 0.893. The topological polar surface area (TPSA) is 67.0 Å². The zero-order valence-electron chi connectivity index (χ0n) is 12.6. The van der Waals surface area contributed by atoms with E-state index < -0.39 is 0 Å². The van der Waals surface area contributed by atoms with Gasteiger partial charge in [0, 0.05) is 19.1 Å². The van der Waals surface area contributed by atoms with Crippen LogP contribution < -0.4 is 11.4 Å². The maximum Gasteiger partial charge on any atom is 0.326 e. The number of benzene rings is 1. The number of nitrogens with zero attached hydrogens (tertiary/aromatic N) is 2. The molecule has 21 heavy (non-hydrogen) atoms. The van der Waals surface area contributed by atoms with E-state index in [2.05, 4.69) is 16.8 Å². The average molecular weight is 288 g/mol. The Hall–Kier alpha value is -1.59. The van der Waals surface area contributed by atoms with E-state index in [0.717, 1.165) is 43.6 Å². The predicted octanol–water partition coefficient (Wildman–Crippen LogP) is 1.39. The van der Waals surface area contributed by atoms with Crippen molar-refractivity contribution in [1.29, 1.82) is 0 Å². The second-order valence-corrected chi connectivity index (χ2v) is 6.18. The molecule has 2 atom stereocenters. The number of hydrogen-bond donors (Lipinski definition) is 2. The first-order valence-corrected chi connectivity index (χ1v) is 7.80. The molecule has 1 aromatic heterocycles. The number of nitrogens with one attached hydrogen (secondary N) is 1. The molecule has 0 bridgehead atoms. The fourth-order valence-corrected chi connectivity index (χ4v) is 3.15. The number of imidazole rings is 1. The van der Waals surface area contributed by atoms with Gasteiger partial charge in [0.15, 0.2) is 0 Å². The summed E-state index contributed by atoms with van der Waals surface area (Å²) in [5.74, 6) is 0.623. The molecule has 5 heteroatoms. The van der Waals surface area contributed by atoms with Crippen LogP contribution in [0.4, 0.5) is 0 Å². The van der Waals surface area contributed by atoms with Crippen molar-refractivity contribution >= 4 is 11.0 Å². The number of piperidine rings is 1. The lowest BCUT2D eigenvalue weighted by molar-refractivity contribution is 0.165. The fourth-order valence-electron chi connectivity index (χ4n) is 3.15. The molecule has 2 unspecified atom stereocenters. The van der Waals surface area contributed by atoms with Crippen LogP contribution in [-0.4, -0.2) is 40.1 Å². The summed E-state index contributed by atoms with van der Waals surface area (Å²) in [5, 5.41) is 0. The summed E-state index contributed by atoms with van der Waals surface area (Å²) in [4.78, 5) is 17.3. The lowest BCUT2D eigenvalue weighted by Gasteiger charge is -2.35. The molecule has 1 saturated heterocycles. The summed E-state index contributed by atoms with van der Waals surface area (Å²) in [5.41, 5.74) is 8.02. The molecule has 114 valence electrons. The number of aromatic nitrogens is 2. The monoisotopic (exact) mass is 288 g/mol. The van der Waals surface area contributed by atoms with E-state index in [-0.39, 0.29) is 11.7 Å². The molecule has 0 amide bonds. The van der Waals surface area contributed by atoms with Gasteiger partial charge in [-0.15, -0.1) is 0 Å². The van der Waals surface area contributed by atoms with E-state index in [1.165, 1.54) is 6.42 Å². The molecule has 1 aliphatic rings. The Balaban J connectivity index is 1.60. The van der Waals surface area contributed by atoms with Crippen LogP contribution in [0.15, 0.2) is 29.1 Å². The van der Waals surface area contributed by atoms with Gasteiger partial charge < -0.3 is 15.6 Å². The first kappa shape index (κ1) is 14.4. The average Bonchev–Trinajstić information content (AvgIpc) is 2.79. The summed E-state index contributed by atoms with van der Waals surface area (Å²) in [6.45, 7) is 6.09. The van der Waals surface area contributed by atoms with Crippen LogP contribution in [0.5, 0.6) is 0 Å². The molecule has 1 aromatic carbocycles. The number of para-hydroxylation sites is 2. The van der Waals surface area contributed by atoms with Gasteiger partial charge in [0.05, 0.1) is 11.0 Å². The van der Waals surface area contributed by atoms with Crippen LogP contribution in [0.25, 0.3) is 11.0 Å². The van der Waals surface area contributed by atoms with Gasteiger partial charge in [0.25, 0.3) is 0 Å². The van der Waals surface area contributed by atoms with Crippen LogP contribution >= 0.6 is 0 Å². The number of aromatic amines is 1. The smallest absolute Gasteiger partial charge is 0.326 e. The molecule has 0 radical (unpaired) electrons. The number of rotatable bonds is 4. The third-order valence-corrected chi connectivity index (χ3v) is 4.64. The molecule has 0 aliphatic carbocycles. The standard InChI is InChI=1S/C16H24N4O/c1-12-7-10-19(11-13(12)17)8-4-9-20-15-6-3-2-5-14(15)18-16(20)21/h2-3,5-6,12-13H,4,7-11,17H2,1H3,(H,18,21). The molecular weight excluding hydrogens is 264 g/mol. The van der Waals surface area contributed by atoms with E-state index in [4.69, 9.17) is 5.73 Å². The summed E-state index contributed by atoms with van der Waals surface area (Å²) in [7, 11) is 0. The van der Waals surface area contributed by atoms with Crippen molar-refractivity contribution in [2.45, 2.75) is 32.4 Å². The minimum absolute atomic E-state index is 0.0137. The normalized spacial score (nSPS) is 23.7. The minimum atomic E-state index is -0.0137. The van der Waals surface area contributed by atoms with Crippen molar-refractivity contribution in [3.8, 4) is 0 Å². The Kier molecular flexibility index (Phi) is 4.12. The molecule has 2 heterocycles. The lowest BCUT2D eigenvalue weighted by Crippen LogP contribution is -2.47. The summed E-state index contributed by atoms with van der Waals surface area (Å²) in [6, 6.07) is 8.13. The van der Waals surface area contributed by atoms with Crippen molar-refractivity contribution in [3.63, 3.8) is 0 Å². The van der Waals surface area contributed by atoms with Gasteiger partial charge in [-0.2, -0.15) is 0 Å². The maximum absolute atomic E-state index is 12.0. The predicted molar refractivity (Wildman–Crippen MR) is 85.4 cm³/mol. The molecule has 5 nitrogen and oxygen atoms in total. The van der Waals surface area contributed by atoms with Gasteiger partial charge in [-0.3, -0.25) is 4.57 Å². The molecule has 2 aromatic rings. The van der Waals surface area contributed by atoms with E-state index in [1.54, 1.807) is 0 Å². The van der Waals surface area contributed by atoms with Gasteiger partial charge in [-0.1, -0.05) is 19.1 Å². The first-order chi connectivity index (χ1) is 10.1. The molecule has 1 aliphatic heterocycles. The summed E-state index contributed by atoms with van der Waals surface area (Å²) in [6.07, 6.45) is 2.15. The number of H-pyrrole nitrogens is 1. The van der Waals surface area contributed by atoms with Gasteiger partial charge in [-0.25, -0.2) is 4.79 Å². The molecule has 0 saturated carbocycles. The van der Waals surface area contributed by atoms with Crippen LogP contribution in [0, 0.1) is 5.92 Å². The molecular formula is C16H24N4O. The van der Waals surface area contributed by atoms with Gasteiger partial charge in [-0.05, 0) is 44.0 Å². The number of nitrogens with two attached hydrogens (primary N) is 1. The number of likely N-dealkylation sites (tertiary alicyclic amines) is 1. The SMILES string of the molecule is CC1CCN(CCCn2c(=O)[nH]c3ccccc32)CC1N. The largest absolute Gasteiger partial charge is 0.326 e. The Bertz CT molecular complexity index is 660. The van der Waals surface area contributed by atoms with E-state index in [1.807, 2.05) is 28.8 Å². The summed E-state index contributed by atoms with van der Waals surface area (Å²) >= 11 is 0. The highest BCUT2D eigenvalue weighted by molar-refractivity contribution is 5.74. The highest BCUT2D eigenvalue weighted by atomic mass is 16.1. The van der Waals surface area contributed by atoms with Crippen molar-refractivity contribution in [1.82, 2.24) is 14.5 Å². The molecule has 3 N–H and O–H groups in total. The van der Waals surface area contributed by atoms with Crippen LogP contribution in [0.3, 0.4) is 0 Å². The zero-order valence-corrected chi connectivity index (χ0v) is 12.6. The zero-order chi connectivity index (χ0) is 14.8. The fraction of sp³-hybridized carbons (Fsp3) is 0.562.